The van der Waals surface area contributed by atoms with Crippen molar-refractivity contribution in [2.24, 2.45) is 0 Å². The first kappa shape index (κ1) is 4.90. The fourth-order valence-corrected chi connectivity index (χ4v) is 0. The fourth-order valence-electron chi connectivity index (χ4n) is 0. The third-order valence-electron chi connectivity index (χ3n) is 0.246. The van der Waals surface area contributed by atoms with Gasteiger partial charge in [0.25, 0.3) is 0 Å². The van der Waals surface area contributed by atoms with Crippen molar-refractivity contribution in [1.29, 1.82) is 0 Å². The summed E-state index contributed by atoms with van der Waals surface area (Å²) in [5.41, 5.74) is -0.0787. The minimum atomic E-state index is -0.0787. The van der Waals surface area contributed by atoms with Gasteiger partial charge in [-0.1, -0.05) is 0 Å². The quantitative estimate of drug-likeness (QED) is 0.424. The molecule has 0 aliphatic carbocycles. The van der Waals surface area contributed by atoms with Gasteiger partial charge >= 0.3 is 0 Å². The predicted molar refractivity (Wildman–Crippen MR) is 24.2 cm³/mol. The van der Waals surface area contributed by atoms with Crippen molar-refractivity contribution in [3.8, 4) is 0 Å². The van der Waals surface area contributed by atoms with Crippen molar-refractivity contribution >= 4 is 14.9 Å². The van der Waals surface area contributed by atoms with Crippen LogP contribution in [0, 0.1) is 0 Å². The van der Waals surface area contributed by atoms with Crippen LogP contribution in [0.3, 0.4) is 0 Å². The molecule has 0 aromatic rings. The summed E-state index contributed by atoms with van der Waals surface area (Å²) in [6.45, 7) is 0. The lowest BCUT2D eigenvalue weighted by Crippen LogP contribution is -2.06. The maximum atomic E-state index is 9.66. The van der Waals surface area contributed by atoms with E-state index in [0.29, 0.717) is 0 Å². The number of rotatable bonds is 0. The van der Waals surface area contributed by atoms with Crippen LogP contribution in [-0.2, 0) is 0 Å². The highest BCUT2D eigenvalue weighted by Crippen LogP contribution is 1.75. The Labute approximate surface area is 33.1 Å². The molecule has 0 aromatic heterocycles. The van der Waals surface area contributed by atoms with Crippen molar-refractivity contribution in [1.82, 2.24) is 5.32 Å². The Kier molecular flexibility index (Phi) is 2.11. The second-order valence-corrected chi connectivity index (χ2v) is 1.14. The molecule has 0 bridgehead atoms. The van der Waals surface area contributed by atoms with Crippen LogP contribution in [0.5, 0.6) is 0 Å². The zero-order chi connectivity index (χ0) is 4.28. The summed E-state index contributed by atoms with van der Waals surface area (Å²) in [5.74, 6) is 0. The number of nitrogens with one attached hydrogen (secondary N) is 1. The van der Waals surface area contributed by atoms with E-state index >= 15 is 0 Å². The van der Waals surface area contributed by atoms with Crippen molar-refractivity contribution in [2.45, 2.75) is 0 Å². The molecule has 0 spiro atoms. The highest BCUT2D eigenvalue weighted by Gasteiger charge is 1.72. The molecule has 0 rings (SSSR count). The molecule has 30 valence electrons. The van der Waals surface area contributed by atoms with Crippen LogP contribution in [0.4, 0.5) is 4.79 Å². The molecule has 1 N–H and O–H groups in total. The molecule has 0 fully saturated rings. The maximum Gasteiger partial charge on any atom is 0.234 e. The number of carbonyl (C=O) groups is 1. The van der Waals surface area contributed by atoms with Gasteiger partial charge in [0.1, 0.15) is 0 Å². The highest BCUT2D eigenvalue weighted by molar-refractivity contribution is 7.39. The molecule has 3 heteroatoms. The average molecular weight is 91.1 g/mol. The van der Waals surface area contributed by atoms with Gasteiger partial charge in [-0.15, -0.1) is 0 Å². The van der Waals surface area contributed by atoms with Crippen molar-refractivity contribution < 1.29 is 4.79 Å². The Morgan fingerprint density at radius 1 is 2.00 bits per heavy atom. The molecule has 0 saturated carbocycles. The third-order valence-corrected chi connectivity index (χ3v) is 0.535. The zero-order valence-corrected chi connectivity index (χ0v) is 4.14. The molecule has 1 unspecified atom stereocenters. The van der Waals surface area contributed by atoms with Gasteiger partial charge in [-0.2, -0.15) is 0 Å². The Morgan fingerprint density at radius 3 is 2.20 bits per heavy atom. The summed E-state index contributed by atoms with van der Waals surface area (Å²) >= 11 is 0. The Morgan fingerprint density at radius 2 is 2.20 bits per heavy atom. The first-order chi connectivity index (χ1) is 2.27. The van der Waals surface area contributed by atoms with Crippen LogP contribution in [0.1, 0.15) is 0 Å². The van der Waals surface area contributed by atoms with E-state index in [1.54, 1.807) is 7.05 Å². The van der Waals surface area contributed by atoms with Gasteiger partial charge in [0.2, 0.25) is 5.65 Å². The molecule has 0 aliphatic rings. The Bertz CT molecular complexity index is 44.9. The SMILES string of the molecule is CNC(=O)P. The lowest BCUT2D eigenvalue weighted by Gasteiger charge is -1.79. The van der Waals surface area contributed by atoms with Gasteiger partial charge in [-0.05, 0) is 9.24 Å². The third kappa shape index (κ3) is 3.90. The second-order valence-electron chi connectivity index (χ2n) is 0.614. The minimum Gasteiger partial charge on any atom is -0.356 e. The van der Waals surface area contributed by atoms with Crippen LogP contribution >= 0.6 is 9.24 Å². The van der Waals surface area contributed by atoms with Gasteiger partial charge < -0.3 is 5.32 Å². The molecule has 0 aliphatic heterocycles. The zero-order valence-electron chi connectivity index (χ0n) is 2.99. The maximum absolute atomic E-state index is 9.66. The summed E-state index contributed by atoms with van der Waals surface area (Å²) < 4.78 is 0. The predicted octanol–water partition coefficient (Wildman–Crippen LogP) is 0.201. The topological polar surface area (TPSA) is 29.1 Å². The number of hydrogen-bond donors (Lipinski definition) is 1. The van der Waals surface area contributed by atoms with Crippen molar-refractivity contribution in [2.75, 3.05) is 7.05 Å². The molecular formula is C2H6NOP. The monoisotopic (exact) mass is 91.0 g/mol. The van der Waals surface area contributed by atoms with E-state index in [1.807, 2.05) is 9.24 Å². The first-order valence-electron chi connectivity index (χ1n) is 1.24. The summed E-state index contributed by atoms with van der Waals surface area (Å²) in [4.78, 5) is 9.66. The molecule has 0 saturated heterocycles. The number of hydrogen-bond acceptors (Lipinski definition) is 1. The Hall–Kier alpha value is -0.100. The van der Waals surface area contributed by atoms with E-state index in [9.17, 15) is 4.79 Å². The van der Waals surface area contributed by atoms with Gasteiger partial charge in [0.15, 0.2) is 0 Å². The fraction of sp³-hybridized carbons (Fsp3) is 0.500. The normalized spacial score (nSPS) is 6.80. The summed E-state index contributed by atoms with van der Waals surface area (Å²) in [7, 11) is 3.56. The second kappa shape index (κ2) is 2.16. The summed E-state index contributed by atoms with van der Waals surface area (Å²) in [5, 5.41) is 2.35. The highest BCUT2D eigenvalue weighted by atomic mass is 31.0. The van der Waals surface area contributed by atoms with Crippen LogP contribution < -0.4 is 5.32 Å². The van der Waals surface area contributed by atoms with Crippen LogP contribution in [-0.4, -0.2) is 12.7 Å². The Balaban J connectivity index is 2.85. The number of carbonyl (C=O) groups excluding carboxylic acids is 1. The molecule has 1 atom stereocenters. The minimum absolute atomic E-state index is 0.0787. The molecule has 0 radical (unpaired) electrons. The van der Waals surface area contributed by atoms with E-state index in [0.717, 1.165) is 0 Å². The van der Waals surface area contributed by atoms with Crippen molar-refractivity contribution in [3.63, 3.8) is 0 Å². The van der Waals surface area contributed by atoms with Crippen molar-refractivity contribution in [3.05, 3.63) is 0 Å². The lowest BCUT2D eigenvalue weighted by atomic mass is 11.2. The molecule has 5 heavy (non-hydrogen) atoms. The van der Waals surface area contributed by atoms with E-state index < -0.39 is 0 Å². The average Bonchev–Trinajstić information content (AvgIpc) is 1.38. The van der Waals surface area contributed by atoms with Gasteiger partial charge in [-0.25, -0.2) is 0 Å². The summed E-state index contributed by atoms with van der Waals surface area (Å²) in [6, 6.07) is 0. The standard InChI is InChI=1S/C2H6NOP/c1-3-2(4)5/h5H2,1H3,(H,3,4). The first-order valence-corrected chi connectivity index (χ1v) is 1.82. The van der Waals surface area contributed by atoms with E-state index in [4.69, 9.17) is 0 Å². The molecule has 0 aromatic carbocycles. The van der Waals surface area contributed by atoms with Gasteiger partial charge in [0.05, 0.1) is 0 Å². The number of amides is 1. The van der Waals surface area contributed by atoms with Gasteiger partial charge in [0, 0.05) is 7.05 Å². The van der Waals surface area contributed by atoms with E-state index in [-0.39, 0.29) is 5.65 Å². The summed E-state index contributed by atoms with van der Waals surface area (Å²) in [6.07, 6.45) is 0. The molecule has 1 amide bonds. The van der Waals surface area contributed by atoms with Crippen LogP contribution in [0.2, 0.25) is 0 Å². The van der Waals surface area contributed by atoms with E-state index in [2.05, 4.69) is 5.32 Å². The lowest BCUT2D eigenvalue weighted by molar-refractivity contribution is 0.262. The van der Waals surface area contributed by atoms with Crippen LogP contribution in [0.15, 0.2) is 0 Å². The molecular weight excluding hydrogens is 85.0 g/mol. The van der Waals surface area contributed by atoms with Crippen LogP contribution in [0.25, 0.3) is 0 Å². The largest absolute Gasteiger partial charge is 0.356 e. The molecule has 0 heterocycles. The van der Waals surface area contributed by atoms with Gasteiger partial charge in [-0.3, -0.25) is 4.79 Å². The smallest absolute Gasteiger partial charge is 0.234 e. The van der Waals surface area contributed by atoms with E-state index in [1.165, 1.54) is 0 Å². The molecule has 2 nitrogen and oxygen atoms in total.